The fourth-order valence-corrected chi connectivity index (χ4v) is 3.43. The Labute approximate surface area is 119 Å². The highest BCUT2D eigenvalue weighted by Crippen LogP contribution is 2.35. The molecule has 1 saturated heterocycles. The van der Waals surface area contributed by atoms with Gasteiger partial charge in [0.2, 0.25) is 0 Å². The minimum absolute atomic E-state index is 0.126. The number of anilines is 1. The van der Waals surface area contributed by atoms with Crippen molar-refractivity contribution in [1.29, 1.82) is 0 Å². The summed E-state index contributed by atoms with van der Waals surface area (Å²) < 4.78 is 0. The number of nitrogens with zero attached hydrogens (tertiary/aromatic N) is 1. The van der Waals surface area contributed by atoms with Crippen molar-refractivity contribution < 1.29 is 4.79 Å². The van der Waals surface area contributed by atoms with E-state index in [1.54, 1.807) is 4.90 Å². The summed E-state index contributed by atoms with van der Waals surface area (Å²) in [5.74, 6) is 0.126. The van der Waals surface area contributed by atoms with Crippen molar-refractivity contribution >= 4 is 28.9 Å². The number of hydrogen-bond acceptors (Lipinski definition) is 2. The molecule has 3 nitrogen and oxygen atoms in total. The van der Waals surface area contributed by atoms with E-state index in [1.165, 1.54) is 12.0 Å². The van der Waals surface area contributed by atoms with Crippen LogP contribution in [0.4, 0.5) is 5.69 Å². The van der Waals surface area contributed by atoms with E-state index in [0.29, 0.717) is 5.11 Å². The Bertz CT molecular complexity index is 517. The van der Waals surface area contributed by atoms with Gasteiger partial charge in [-0.2, -0.15) is 0 Å². The van der Waals surface area contributed by atoms with Gasteiger partial charge >= 0.3 is 0 Å². The zero-order valence-corrected chi connectivity index (χ0v) is 11.9. The van der Waals surface area contributed by atoms with E-state index in [9.17, 15) is 4.79 Å². The van der Waals surface area contributed by atoms with Gasteiger partial charge in [-0.3, -0.25) is 9.69 Å². The van der Waals surface area contributed by atoms with Crippen molar-refractivity contribution in [1.82, 2.24) is 5.32 Å². The molecule has 1 saturated carbocycles. The van der Waals surface area contributed by atoms with E-state index in [1.807, 2.05) is 31.2 Å². The minimum Gasteiger partial charge on any atom is -0.348 e. The Balaban J connectivity index is 1.92. The fourth-order valence-electron chi connectivity index (χ4n) is 3.04. The fraction of sp³-hybridized carbons (Fsp3) is 0.467. The average Bonchev–Trinajstić information content (AvgIpc) is 2.64. The van der Waals surface area contributed by atoms with Gasteiger partial charge in [-0.15, -0.1) is 0 Å². The molecule has 2 fully saturated rings. The predicted molar refractivity (Wildman–Crippen MR) is 80.2 cm³/mol. The molecular weight excluding hydrogens is 256 g/mol. The number of aryl methyl sites for hydroxylation is 1. The van der Waals surface area contributed by atoms with E-state index >= 15 is 0 Å². The highest BCUT2D eigenvalue weighted by atomic mass is 32.1. The number of hydrogen-bond donors (Lipinski definition) is 1. The molecule has 2 aliphatic rings. The summed E-state index contributed by atoms with van der Waals surface area (Å²) in [6.07, 6.45) is 5.21. The topological polar surface area (TPSA) is 32.3 Å². The molecule has 19 heavy (non-hydrogen) atoms. The molecule has 1 N–H and O–H groups in total. The lowest BCUT2D eigenvalue weighted by Gasteiger charge is -2.30. The van der Waals surface area contributed by atoms with Crippen LogP contribution in [0.3, 0.4) is 0 Å². The largest absolute Gasteiger partial charge is 0.348 e. The van der Waals surface area contributed by atoms with Gasteiger partial charge in [0.1, 0.15) is 5.54 Å². The average molecular weight is 274 g/mol. The molecule has 0 unspecified atom stereocenters. The lowest BCUT2D eigenvalue weighted by molar-refractivity contribution is -0.123. The van der Waals surface area contributed by atoms with Crippen molar-refractivity contribution in [3.8, 4) is 0 Å². The number of rotatable bonds is 1. The van der Waals surface area contributed by atoms with Crippen molar-refractivity contribution in [2.75, 3.05) is 4.90 Å². The Kier molecular flexibility index (Phi) is 3.05. The maximum atomic E-state index is 12.8. The van der Waals surface area contributed by atoms with Gasteiger partial charge in [-0.05, 0) is 44.1 Å². The number of benzene rings is 1. The van der Waals surface area contributed by atoms with Crippen molar-refractivity contribution in [3.05, 3.63) is 29.8 Å². The van der Waals surface area contributed by atoms with E-state index in [4.69, 9.17) is 12.2 Å². The smallest absolute Gasteiger partial charge is 0.259 e. The summed E-state index contributed by atoms with van der Waals surface area (Å²) in [5, 5.41) is 3.84. The molecule has 1 aromatic carbocycles. The first kappa shape index (κ1) is 12.6. The van der Waals surface area contributed by atoms with E-state index < -0.39 is 5.54 Å². The molecule has 3 rings (SSSR count). The highest BCUT2D eigenvalue weighted by Gasteiger charge is 2.49. The normalized spacial score (nSPS) is 21.8. The van der Waals surface area contributed by atoms with Crippen LogP contribution in [0.15, 0.2) is 24.3 Å². The number of amides is 1. The molecule has 0 radical (unpaired) electrons. The second-order valence-corrected chi connectivity index (χ2v) is 5.94. The Morgan fingerprint density at radius 2 is 1.79 bits per heavy atom. The van der Waals surface area contributed by atoms with Gasteiger partial charge in [0.15, 0.2) is 5.11 Å². The number of carbonyl (C=O) groups excluding carboxylic acids is 1. The molecule has 1 amide bonds. The molecule has 4 heteroatoms. The van der Waals surface area contributed by atoms with Crippen LogP contribution in [0, 0.1) is 6.92 Å². The third kappa shape index (κ3) is 2.04. The van der Waals surface area contributed by atoms with Crippen LogP contribution in [0.1, 0.15) is 37.7 Å². The van der Waals surface area contributed by atoms with Crippen LogP contribution in [-0.2, 0) is 4.79 Å². The Morgan fingerprint density at radius 3 is 2.42 bits per heavy atom. The second kappa shape index (κ2) is 4.60. The number of thiocarbonyl (C=S) groups is 1. The zero-order valence-electron chi connectivity index (χ0n) is 11.1. The minimum atomic E-state index is -0.430. The molecule has 1 aromatic rings. The first-order valence-electron chi connectivity index (χ1n) is 6.86. The summed E-state index contributed by atoms with van der Waals surface area (Å²) in [6.45, 7) is 2.04. The maximum absolute atomic E-state index is 12.8. The standard InChI is InChI=1S/C15H18N2OS/c1-11-5-7-12(8-6-11)17-13(18)15(16-14(17)19)9-3-2-4-10-15/h5-8H,2-4,9-10H2,1H3,(H,16,19). The Morgan fingerprint density at radius 1 is 1.16 bits per heavy atom. The first-order chi connectivity index (χ1) is 9.12. The van der Waals surface area contributed by atoms with Crippen LogP contribution in [0.25, 0.3) is 0 Å². The van der Waals surface area contributed by atoms with E-state index in [-0.39, 0.29) is 5.91 Å². The van der Waals surface area contributed by atoms with Gasteiger partial charge < -0.3 is 5.32 Å². The summed E-state index contributed by atoms with van der Waals surface area (Å²) in [4.78, 5) is 14.4. The number of carbonyl (C=O) groups is 1. The predicted octanol–water partition coefficient (Wildman–Crippen LogP) is 2.92. The van der Waals surface area contributed by atoms with Crippen molar-refractivity contribution in [2.45, 2.75) is 44.6 Å². The first-order valence-corrected chi connectivity index (χ1v) is 7.27. The third-order valence-corrected chi connectivity index (χ3v) is 4.45. The molecule has 0 atom stereocenters. The van der Waals surface area contributed by atoms with Crippen molar-refractivity contribution in [2.24, 2.45) is 0 Å². The van der Waals surface area contributed by atoms with Gasteiger partial charge in [-0.25, -0.2) is 0 Å². The number of nitrogens with one attached hydrogen (secondary N) is 1. The molecule has 100 valence electrons. The van der Waals surface area contributed by atoms with Crippen LogP contribution in [-0.4, -0.2) is 16.6 Å². The summed E-state index contributed by atoms with van der Waals surface area (Å²) in [6, 6.07) is 7.94. The van der Waals surface area contributed by atoms with Gasteiger partial charge in [-0.1, -0.05) is 37.0 Å². The molecular formula is C15H18N2OS. The molecule has 1 spiro atoms. The Hall–Kier alpha value is -1.42. The van der Waals surface area contributed by atoms with Gasteiger partial charge in [0.05, 0.1) is 5.69 Å². The quantitative estimate of drug-likeness (QED) is 0.799. The molecule has 1 aliphatic carbocycles. The van der Waals surface area contributed by atoms with Crippen molar-refractivity contribution in [3.63, 3.8) is 0 Å². The highest BCUT2D eigenvalue weighted by molar-refractivity contribution is 7.80. The molecule has 0 bridgehead atoms. The van der Waals surface area contributed by atoms with Gasteiger partial charge in [0, 0.05) is 0 Å². The lowest BCUT2D eigenvalue weighted by atomic mass is 9.82. The van der Waals surface area contributed by atoms with Crippen LogP contribution in [0.2, 0.25) is 0 Å². The summed E-state index contributed by atoms with van der Waals surface area (Å²) in [7, 11) is 0. The monoisotopic (exact) mass is 274 g/mol. The van der Waals surface area contributed by atoms with Crippen LogP contribution < -0.4 is 10.2 Å². The van der Waals surface area contributed by atoms with E-state index in [2.05, 4.69) is 5.32 Å². The van der Waals surface area contributed by atoms with Gasteiger partial charge in [0.25, 0.3) is 5.91 Å². The molecule has 1 heterocycles. The third-order valence-electron chi connectivity index (χ3n) is 4.16. The second-order valence-electron chi connectivity index (χ2n) is 5.55. The summed E-state index contributed by atoms with van der Waals surface area (Å²) >= 11 is 5.38. The summed E-state index contributed by atoms with van der Waals surface area (Å²) in [5.41, 5.74) is 1.62. The van der Waals surface area contributed by atoms with E-state index in [0.717, 1.165) is 31.4 Å². The SMILES string of the molecule is Cc1ccc(N2C(=O)C3(CCCCC3)NC2=S)cc1. The maximum Gasteiger partial charge on any atom is 0.259 e. The van der Waals surface area contributed by atoms with Crippen LogP contribution >= 0.6 is 12.2 Å². The van der Waals surface area contributed by atoms with Crippen LogP contribution in [0.5, 0.6) is 0 Å². The molecule has 0 aromatic heterocycles. The molecule has 1 aliphatic heterocycles. The lowest BCUT2D eigenvalue weighted by Crippen LogP contribution is -2.48. The zero-order chi connectivity index (χ0) is 13.5.